The summed E-state index contributed by atoms with van der Waals surface area (Å²) in [6, 6.07) is 0. The molecule has 8 heteroatoms. The van der Waals surface area contributed by atoms with Crippen molar-refractivity contribution < 1.29 is 67.0 Å². The molecule has 0 spiro atoms. The van der Waals surface area contributed by atoms with E-state index in [0.29, 0.717) is 13.2 Å². The predicted octanol–water partition coefficient (Wildman–Crippen LogP) is -5.38. The molecule has 0 atom stereocenters. The van der Waals surface area contributed by atoms with E-state index in [4.69, 9.17) is 9.47 Å². The Balaban J connectivity index is -0.00000144. The second-order valence-electron chi connectivity index (χ2n) is 4.32. The molecule has 0 aliphatic rings. The zero-order valence-electron chi connectivity index (χ0n) is 12.4. The minimum absolute atomic E-state index is 0. The van der Waals surface area contributed by atoms with Gasteiger partial charge in [0.05, 0.1) is 37.9 Å². The van der Waals surface area contributed by atoms with Crippen LogP contribution in [0.3, 0.4) is 0 Å². The maximum atomic E-state index is 11.3. The molecule has 0 aromatic rings. The number of halogens is 2. The Bertz CT molecular complexity index is 238. The molecular weight excluding hydrogens is 526 g/mol. The van der Waals surface area contributed by atoms with Crippen molar-refractivity contribution in [1.29, 1.82) is 0 Å². The number of esters is 2. The van der Waals surface area contributed by atoms with E-state index in [1.807, 2.05) is 0 Å². The fraction of sp³-hybridized carbons (Fsp3) is 0.833. The van der Waals surface area contributed by atoms with E-state index in [1.165, 1.54) is 0 Å². The molecular formula is C12H24I2O4S2. The second kappa shape index (κ2) is 16.5. The molecule has 4 nitrogen and oxygen atoms in total. The van der Waals surface area contributed by atoms with Gasteiger partial charge in [0.15, 0.2) is 0 Å². The fourth-order valence-electron chi connectivity index (χ4n) is 0.993. The first-order valence-corrected chi connectivity index (χ1v) is 10.2. The van der Waals surface area contributed by atoms with Crippen molar-refractivity contribution in [1.82, 2.24) is 0 Å². The zero-order chi connectivity index (χ0) is 14.0. The van der Waals surface area contributed by atoms with E-state index in [9.17, 15) is 9.59 Å². The van der Waals surface area contributed by atoms with Gasteiger partial charge in [0.2, 0.25) is 0 Å². The smallest absolute Gasteiger partial charge is 0.306 e. The lowest BCUT2D eigenvalue weighted by atomic mass is 10.3. The van der Waals surface area contributed by atoms with E-state index in [2.05, 4.69) is 25.0 Å². The highest BCUT2D eigenvalue weighted by Gasteiger charge is 2.11. The number of rotatable bonds is 9. The van der Waals surface area contributed by atoms with E-state index in [0.717, 1.165) is 11.5 Å². The topological polar surface area (TPSA) is 52.6 Å². The molecule has 0 bridgehead atoms. The molecule has 0 unspecified atom stereocenters. The van der Waals surface area contributed by atoms with Crippen LogP contribution in [0.15, 0.2) is 0 Å². The van der Waals surface area contributed by atoms with E-state index >= 15 is 0 Å². The Hall–Kier alpha value is 1.10. The van der Waals surface area contributed by atoms with Crippen molar-refractivity contribution in [2.45, 2.75) is 12.8 Å². The minimum Gasteiger partial charge on any atom is -1.00 e. The molecule has 122 valence electrons. The summed E-state index contributed by atoms with van der Waals surface area (Å²) in [6.45, 7) is 0.886. The third-order valence-electron chi connectivity index (χ3n) is 2.04. The van der Waals surface area contributed by atoms with Crippen molar-refractivity contribution in [3.8, 4) is 0 Å². The molecule has 0 aliphatic carbocycles. The van der Waals surface area contributed by atoms with Gasteiger partial charge in [-0.2, -0.15) is 0 Å². The summed E-state index contributed by atoms with van der Waals surface area (Å²) in [5, 5.41) is 0. The molecule has 0 aromatic carbocycles. The van der Waals surface area contributed by atoms with Gasteiger partial charge in [-0.3, -0.25) is 9.59 Å². The first-order chi connectivity index (χ1) is 8.41. The van der Waals surface area contributed by atoms with Crippen molar-refractivity contribution >= 4 is 33.7 Å². The molecule has 0 aliphatic heterocycles. The lowest BCUT2D eigenvalue weighted by molar-refractivity contribution is -0.149. The normalized spacial score (nSPS) is 9.70. The molecule has 0 heterocycles. The second-order valence-corrected chi connectivity index (χ2v) is 9.08. The van der Waals surface area contributed by atoms with Crippen LogP contribution in [0.1, 0.15) is 12.8 Å². The van der Waals surface area contributed by atoms with Gasteiger partial charge in [-0.15, -0.1) is 0 Å². The summed E-state index contributed by atoms with van der Waals surface area (Å²) in [6.07, 6.45) is 8.62. The third-order valence-corrected chi connectivity index (χ3v) is 4.01. The highest BCUT2D eigenvalue weighted by Crippen LogP contribution is 1.97. The predicted molar refractivity (Wildman–Crippen MR) is 79.3 cm³/mol. The molecule has 0 radical (unpaired) electrons. The van der Waals surface area contributed by atoms with Gasteiger partial charge in [-0.1, -0.05) is 0 Å². The van der Waals surface area contributed by atoms with Crippen molar-refractivity contribution in [2.24, 2.45) is 0 Å². The van der Waals surface area contributed by atoms with Crippen molar-refractivity contribution in [3.63, 3.8) is 0 Å². The van der Waals surface area contributed by atoms with Crippen LogP contribution in [0.4, 0.5) is 0 Å². The Morgan fingerprint density at radius 1 is 0.750 bits per heavy atom. The van der Waals surface area contributed by atoms with E-state index in [1.54, 1.807) is 0 Å². The first-order valence-electron chi connectivity index (χ1n) is 5.81. The average Bonchev–Trinajstić information content (AvgIpc) is 2.25. The first kappa shape index (κ1) is 26.0. The summed E-state index contributed by atoms with van der Waals surface area (Å²) in [7, 11) is 0.557. The van der Waals surface area contributed by atoms with Crippen LogP contribution in [0.25, 0.3) is 0 Å². The van der Waals surface area contributed by atoms with Gasteiger partial charge in [0.1, 0.15) is 24.7 Å². The highest BCUT2D eigenvalue weighted by molar-refractivity contribution is 7.95. The van der Waals surface area contributed by atoms with Gasteiger partial charge < -0.3 is 57.4 Å². The maximum Gasteiger partial charge on any atom is 0.306 e. The molecule has 0 aromatic heterocycles. The van der Waals surface area contributed by atoms with Crippen molar-refractivity contribution in [3.05, 3.63) is 0 Å². The third kappa shape index (κ3) is 19.1. The Morgan fingerprint density at radius 2 is 1.05 bits per heavy atom. The number of ether oxygens (including phenoxy) is 2. The summed E-state index contributed by atoms with van der Waals surface area (Å²) < 4.78 is 10.0. The number of carbonyl (C=O) groups is 2. The Morgan fingerprint density at radius 3 is 1.30 bits per heavy atom. The lowest BCUT2D eigenvalue weighted by Crippen LogP contribution is -3.00. The SMILES string of the molecule is C[S+](C)CCOC(=O)CCC(=O)OCC[S+](C)C.[I-].[I-]. The monoisotopic (exact) mass is 550 g/mol. The van der Waals surface area contributed by atoms with Gasteiger partial charge in [0.25, 0.3) is 0 Å². The van der Waals surface area contributed by atoms with Crippen LogP contribution in [0, 0.1) is 0 Å². The van der Waals surface area contributed by atoms with Crippen LogP contribution in [-0.2, 0) is 40.9 Å². The molecule has 0 saturated carbocycles. The highest BCUT2D eigenvalue weighted by atomic mass is 127. The van der Waals surface area contributed by atoms with Crippen molar-refractivity contribution in [2.75, 3.05) is 49.7 Å². The standard InChI is InChI=1S/C12H24O4S2.2HI/c1-17(2)9-7-15-11(13)5-6-12(14)16-8-10-18(3)4;;/h5-10H2,1-4H3;2*1H/q+2;;/p-2. The lowest BCUT2D eigenvalue weighted by Gasteiger charge is -2.04. The number of carbonyl (C=O) groups excluding carboxylic acids is 2. The van der Waals surface area contributed by atoms with E-state index in [-0.39, 0.29) is 94.5 Å². The zero-order valence-corrected chi connectivity index (χ0v) is 18.4. The average molecular weight is 550 g/mol. The molecule has 0 amide bonds. The van der Waals surface area contributed by atoms with Crippen LogP contribution in [0.2, 0.25) is 0 Å². The summed E-state index contributed by atoms with van der Waals surface area (Å²) in [4.78, 5) is 22.6. The summed E-state index contributed by atoms with van der Waals surface area (Å²) >= 11 is 0. The summed E-state index contributed by atoms with van der Waals surface area (Å²) in [5.74, 6) is 1.13. The molecule has 0 rings (SSSR count). The largest absolute Gasteiger partial charge is 1.00 e. The molecule has 0 saturated heterocycles. The Labute approximate surface area is 162 Å². The molecule has 20 heavy (non-hydrogen) atoms. The van der Waals surface area contributed by atoms with Gasteiger partial charge in [0, 0.05) is 0 Å². The molecule has 0 fully saturated rings. The van der Waals surface area contributed by atoms with Crippen LogP contribution >= 0.6 is 0 Å². The Kier molecular flexibility index (Phi) is 21.4. The number of hydrogen-bond donors (Lipinski definition) is 0. The minimum atomic E-state index is -0.317. The van der Waals surface area contributed by atoms with E-state index < -0.39 is 0 Å². The van der Waals surface area contributed by atoms with Crippen LogP contribution < -0.4 is 48.0 Å². The molecule has 0 N–H and O–H groups in total. The van der Waals surface area contributed by atoms with Crippen LogP contribution in [0.5, 0.6) is 0 Å². The fourth-order valence-corrected chi connectivity index (χ4v) is 1.83. The van der Waals surface area contributed by atoms with Gasteiger partial charge >= 0.3 is 11.9 Å². The maximum absolute atomic E-state index is 11.3. The number of hydrogen-bond acceptors (Lipinski definition) is 4. The summed E-state index contributed by atoms with van der Waals surface area (Å²) in [5.41, 5.74) is 0. The van der Waals surface area contributed by atoms with Gasteiger partial charge in [-0.05, 0) is 21.8 Å². The van der Waals surface area contributed by atoms with Crippen LogP contribution in [-0.4, -0.2) is 61.7 Å². The van der Waals surface area contributed by atoms with Gasteiger partial charge in [-0.25, -0.2) is 0 Å². The quantitative estimate of drug-likeness (QED) is 0.164.